The number of anilines is 1. The van der Waals surface area contributed by atoms with Crippen molar-refractivity contribution in [3.05, 3.63) is 11.6 Å². The Bertz CT molecular complexity index is 623. The molecule has 2 N–H and O–H groups in total. The van der Waals surface area contributed by atoms with E-state index in [9.17, 15) is 21.6 Å². The van der Waals surface area contributed by atoms with Crippen molar-refractivity contribution in [2.75, 3.05) is 5.73 Å². The number of nitrogen functional groups attached to an aromatic ring is 1. The Balaban J connectivity index is 3.46. The van der Waals surface area contributed by atoms with E-state index in [-0.39, 0.29) is 0 Å². The zero-order valence-electron chi connectivity index (χ0n) is 8.19. The van der Waals surface area contributed by atoms with Gasteiger partial charge in [0.1, 0.15) is 6.07 Å². The molecule has 0 spiro atoms. The number of nitrogens with two attached hydrogens (primary N) is 1. The topological polar surface area (TPSA) is 106 Å². The minimum absolute atomic E-state index is 0.586. The van der Waals surface area contributed by atoms with Crippen LogP contribution in [0.3, 0.4) is 0 Å². The number of alkyl halides is 3. The summed E-state index contributed by atoms with van der Waals surface area (Å²) in [5.74, 6) is -1.19. The van der Waals surface area contributed by atoms with Crippen LogP contribution in [0.15, 0.2) is 11.1 Å². The van der Waals surface area contributed by atoms with Crippen molar-refractivity contribution >= 4 is 25.4 Å². The van der Waals surface area contributed by atoms with Crippen LogP contribution in [0.1, 0.15) is 5.56 Å². The number of hydrogen-bond donors (Lipinski definition) is 1. The molecule has 0 aliphatic heterocycles. The number of nitriles is 1. The summed E-state index contributed by atoms with van der Waals surface area (Å²) < 4.78 is 61.3. The highest BCUT2D eigenvalue weighted by atomic mass is 35.7. The molecule has 0 atom stereocenters. The van der Waals surface area contributed by atoms with E-state index in [0.29, 0.717) is 6.07 Å². The summed E-state index contributed by atoms with van der Waals surface area (Å²) in [7, 11) is 0.414. The van der Waals surface area contributed by atoms with Gasteiger partial charge in [-0.25, -0.2) is 8.42 Å². The molecule has 1 aromatic heterocycles. The first-order valence-corrected chi connectivity index (χ1v) is 6.26. The predicted molar refractivity (Wildman–Crippen MR) is 53.1 cm³/mol. The average molecular weight is 302 g/mol. The third-order valence-electron chi connectivity index (χ3n) is 1.54. The summed E-state index contributed by atoms with van der Waals surface area (Å²) in [6.07, 6.45) is -5.11. The molecule has 98 valence electrons. The van der Waals surface area contributed by atoms with Crippen molar-refractivity contribution in [3.8, 4) is 11.9 Å². The molecule has 18 heavy (non-hydrogen) atoms. The van der Waals surface area contributed by atoms with Crippen LogP contribution in [0.5, 0.6) is 5.88 Å². The van der Waals surface area contributed by atoms with Gasteiger partial charge in [-0.05, 0) is 6.07 Å². The number of ether oxygens (including phenoxy) is 1. The van der Waals surface area contributed by atoms with Gasteiger partial charge in [0, 0.05) is 10.7 Å². The fourth-order valence-electron chi connectivity index (χ4n) is 0.953. The Labute approximate surface area is 103 Å². The molecule has 0 aliphatic carbocycles. The van der Waals surface area contributed by atoms with Gasteiger partial charge < -0.3 is 10.5 Å². The smallest absolute Gasteiger partial charge is 0.394 e. The van der Waals surface area contributed by atoms with Crippen molar-refractivity contribution in [1.82, 2.24) is 4.98 Å². The van der Waals surface area contributed by atoms with E-state index in [1.54, 1.807) is 0 Å². The first-order valence-electron chi connectivity index (χ1n) is 3.95. The average Bonchev–Trinajstić information content (AvgIpc) is 2.16. The summed E-state index contributed by atoms with van der Waals surface area (Å²) in [5, 5.41) is 7.54. The zero-order chi connectivity index (χ0) is 14.1. The molecule has 0 unspecified atom stereocenters. The van der Waals surface area contributed by atoms with E-state index in [0.717, 1.165) is 0 Å². The SMILES string of the molecule is N#Cc1cc(N)c(OC(F)(F)F)nc1S(=O)(=O)Cl. The standard InChI is InChI=1S/C7H3ClF3N3O3S/c8-18(15,16)6-3(2-12)1-4(13)5(14-6)17-7(9,10)11/h1H,13H2. The lowest BCUT2D eigenvalue weighted by atomic mass is 10.3. The zero-order valence-corrected chi connectivity index (χ0v) is 9.77. The van der Waals surface area contributed by atoms with Crippen LogP contribution in [0, 0.1) is 11.3 Å². The molecule has 1 heterocycles. The second-order valence-electron chi connectivity index (χ2n) is 2.83. The van der Waals surface area contributed by atoms with Crippen molar-refractivity contribution in [2.24, 2.45) is 0 Å². The molecule has 1 rings (SSSR count). The maximum absolute atomic E-state index is 12.0. The van der Waals surface area contributed by atoms with Gasteiger partial charge in [-0.1, -0.05) is 0 Å². The molecular formula is C7H3ClF3N3O3S. The number of pyridine rings is 1. The molecule has 0 radical (unpaired) electrons. The van der Waals surface area contributed by atoms with Gasteiger partial charge in [0.05, 0.1) is 11.3 Å². The molecule has 0 saturated carbocycles. The Morgan fingerprint density at radius 3 is 2.44 bits per heavy atom. The third-order valence-corrected chi connectivity index (χ3v) is 2.76. The normalized spacial score (nSPS) is 11.9. The van der Waals surface area contributed by atoms with Crippen molar-refractivity contribution in [2.45, 2.75) is 11.4 Å². The maximum atomic E-state index is 12.0. The van der Waals surface area contributed by atoms with Gasteiger partial charge in [0.25, 0.3) is 9.05 Å². The second kappa shape index (κ2) is 4.51. The molecule has 0 fully saturated rings. The number of aromatic nitrogens is 1. The van der Waals surface area contributed by atoms with E-state index in [1.807, 2.05) is 0 Å². The van der Waals surface area contributed by atoms with Crippen molar-refractivity contribution < 1.29 is 26.3 Å². The molecule has 1 aromatic rings. The Morgan fingerprint density at radius 2 is 2.06 bits per heavy atom. The summed E-state index contributed by atoms with van der Waals surface area (Å²) >= 11 is 0. The van der Waals surface area contributed by atoms with Gasteiger partial charge >= 0.3 is 6.36 Å². The van der Waals surface area contributed by atoms with Crippen molar-refractivity contribution in [3.63, 3.8) is 0 Å². The number of rotatable bonds is 2. The Kier molecular flexibility index (Phi) is 3.59. The molecule has 11 heteroatoms. The molecule has 0 bridgehead atoms. The monoisotopic (exact) mass is 301 g/mol. The number of nitrogens with zero attached hydrogens (tertiary/aromatic N) is 2. The molecule has 0 aromatic carbocycles. The second-order valence-corrected chi connectivity index (χ2v) is 5.31. The summed E-state index contributed by atoms with van der Waals surface area (Å²) in [5.41, 5.74) is 3.91. The Hall–Kier alpha value is -1.73. The summed E-state index contributed by atoms with van der Waals surface area (Å²) in [4.78, 5) is 2.99. The minimum atomic E-state index is -5.11. The minimum Gasteiger partial charge on any atom is -0.394 e. The fourth-order valence-corrected chi connectivity index (χ4v) is 1.87. The highest BCUT2D eigenvalue weighted by Crippen LogP contribution is 2.30. The maximum Gasteiger partial charge on any atom is 0.574 e. The van der Waals surface area contributed by atoms with Crippen molar-refractivity contribution in [1.29, 1.82) is 5.26 Å². The molecule has 0 aliphatic rings. The van der Waals surface area contributed by atoms with Gasteiger partial charge in [-0.2, -0.15) is 10.2 Å². The van der Waals surface area contributed by atoms with Gasteiger partial charge in [-0.15, -0.1) is 13.2 Å². The van der Waals surface area contributed by atoms with E-state index in [1.165, 1.54) is 6.07 Å². The fraction of sp³-hybridized carbons (Fsp3) is 0.143. The van der Waals surface area contributed by atoms with Gasteiger partial charge in [-0.3, -0.25) is 0 Å². The quantitative estimate of drug-likeness (QED) is 0.827. The van der Waals surface area contributed by atoms with Crippen LogP contribution in [0.4, 0.5) is 18.9 Å². The third kappa shape index (κ3) is 3.38. The first-order chi connectivity index (χ1) is 8.04. The highest BCUT2D eigenvalue weighted by molar-refractivity contribution is 8.13. The molecule has 0 saturated heterocycles. The summed E-state index contributed by atoms with van der Waals surface area (Å²) in [6.45, 7) is 0. The van der Waals surface area contributed by atoms with Crippen LogP contribution in [0.2, 0.25) is 0 Å². The lowest BCUT2D eigenvalue weighted by molar-refractivity contribution is -0.276. The predicted octanol–water partition coefficient (Wildman–Crippen LogP) is 1.36. The van der Waals surface area contributed by atoms with Crippen LogP contribution in [-0.2, 0) is 9.05 Å². The van der Waals surface area contributed by atoms with Crippen LogP contribution < -0.4 is 10.5 Å². The number of hydrogen-bond acceptors (Lipinski definition) is 6. The van der Waals surface area contributed by atoms with Crippen LogP contribution >= 0.6 is 10.7 Å². The van der Waals surface area contributed by atoms with E-state index < -0.39 is 37.6 Å². The lowest BCUT2D eigenvalue weighted by Gasteiger charge is -2.11. The van der Waals surface area contributed by atoms with E-state index in [4.69, 9.17) is 21.7 Å². The molecular weight excluding hydrogens is 299 g/mol. The largest absolute Gasteiger partial charge is 0.574 e. The van der Waals surface area contributed by atoms with Gasteiger partial charge in [0.15, 0.2) is 5.03 Å². The van der Waals surface area contributed by atoms with Crippen LogP contribution in [-0.4, -0.2) is 19.8 Å². The van der Waals surface area contributed by atoms with Gasteiger partial charge in [0.2, 0.25) is 5.88 Å². The molecule has 6 nitrogen and oxygen atoms in total. The first kappa shape index (κ1) is 14.3. The highest BCUT2D eigenvalue weighted by Gasteiger charge is 2.34. The van der Waals surface area contributed by atoms with E-state index in [2.05, 4.69) is 9.72 Å². The Morgan fingerprint density at radius 1 is 1.50 bits per heavy atom. The van der Waals surface area contributed by atoms with E-state index >= 15 is 0 Å². The van der Waals surface area contributed by atoms with Crippen LogP contribution in [0.25, 0.3) is 0 Å². The molecule has 0 amide bonds. The summed E-state index contributed by atoms with van der Waals surface area (Å²) in [6, 6.07) is 2.06. The lowest BCUT2D eigenvalue weighted by Crippen LogP contribution is -2.19. The number of halogens is 4.